The van der Waals surface area contributed by atoms with Crippen LogP contribution < -0.4 is 22.3 Å². The van der Waals surface area contributed by atoms with Crippen LogP contribution in [0.5, 0.6) is 0 Å². The van der Waals surface area contributed by atoms with Crippen molar-refractivity contribution in [2.45, 2.75) is 32.1 Å². The number of carbonyl (C=O) groups is 1. The number of quaternary nitrogens is 1. The normalized spacial score (nSPS) is 11.6. The molecule has 0 atom stereocenters. The third-order valence-electron chi connectivity index (χ3n) is 5.89. The molecule has 2 aromatic carbocycles. The molecule has 0 spiro atoms. The van der Waals surface area contributed by atoms with Gasteiger partial charge in [0.2, 0.25) is 5.91 Å². The van der Waals surface area contributed by atoms with Gasteiger partial charge in [0.25, 0.3) is 0 Å². The van der Waals surface area contributed by atoms with E-state index in [0.717, 1.165) is 30.5 Å². The van der Waals surface area contributed by atoms with E-state index >= 15 is 0 Å². The monoisotopic (exact) mass is 432 g/mol. The molecule has 0 aromatic heterocycles. The van der Waals surface area contributed by atoms with E-state index in [1.165, 1.54) is 11.1 Å². The fourth-order valence-electron chi connectivity index (χ4n) is 3.78. The second kappa shape index (κ2) is 10.6. The molecule has 1 amide bonds. The first-order chi connectivity index (χ1) is 12.5. The summed E-state index contributed by atoms with van der Waals surface area (Å²) in [5.74, 6) is 0.100. The summed E-state index contributed by atoms with van der Waals surface area (Å²) >= 11 is 0. The van der Waals surface area contributed by atoms with Crippen LogP contribution in [0.25, 0.3) is 0 Å². The molecular weight excluding hydrogens is 400 g/mol. The Morgan fingerprint density at radius 1 is 0.926 bits per heavy atom. The second-order valence-corrected chi connectivity index (χ2v) is 7.40. The van der Waals surface area contributed by atoms with Crippen LogP contribution in [0.1, 0.15) is 37.8 Å². The summed E-state index contributed by atoms with van der Waals surface area (Å²) in [4.78, 5) is 12.1. The summed E-state index contributed by atoms with van der Waals surface area (Å²) in [6, 6.07) is 21.4. The van der Waals surface area contributed by atoms with Crippen molar-refractivity contribution in [1.82, 2.24) is 5.32 Å². The highest BCUT2D eigenvalue weighted by atomic mass is 79.9. The minimum atomic E-state index is -0.185. The number of hydrogen-bond acceptors (Lipinski definition) is 1. The standard InChI is InChI=1S/C23H32N2O.BrH/c1-5-25(4,6-2)19-23(18-17-22(26)24-3,20-13-9-7-10-14-20)21-15-11-8-12-16-21;/h7-16H,5-6,17-19H2,1-4H3;1H. The van der Waals surface area contributed by atoms with Crippen LogP contribution in [-0.4, -0.2) is 44.1 Å². The zero-order valence-electron chi connectivity index (χ0n) is 17.0. The predicted octanol–water partition coefficient (Wildman–Crippen LogP) is 0.989. The van der Waals surface area contributed by atoms with Crippen LogP contribution in [0, 0.1) is 0 Å². The zero-order valence-corrected chi connectivity index (χ0v) is 18.6. The highest BCUT2D eigenvalue weighted by Crippen LogP contribution is 2.39. The quantitative estimate of drug-likeness (QED) is 0.588. The van der Waals surface area contributed by atoms with Gasteiger partial charge < -0.3 is 26.8 Å². The fourth-order valence-corrected chi connectivity index (χ4v) is 3.78. The summed E-state index contributed by atoms with van der Waals surface area (Å²) in [5.41, 5.74) is 2.40. The number of nitrogens with zero attached hydrogens (tertiary/aromatic N) is 1. The molecule has 0 fully saturated rings. The first kappa shape index (κ1) is 23.4. The summed E-state index contributed by atoms with van der Waals surface area (Å²) in [6.45, 7) is 7.62. The van der Waals surface area contributed by atoms with E-state index < -0.39 is 0 Å². The molecule has 0 radical (unpaired) electrons. The van der Waals surface area contributed by atoms with E-state index in [0.29, 0.717) is 6.42 Å². The maximum atomic E-state index is 12.1. The molecule has 148 valence electrons. The van der Waals surface area contributed by atoms with Crippen molar-refractivity contribution in [3.63, 3.8) is 0 Å². The molecule has 0 aliphatic carbocycles. The van der Waals surface area contributed by atoms with Crippen molar-refractivity contribution in [1.29, 1.82) is 0 Å². The Kier molecular flexibility index (Phi) is 9.20. The minimum Gasteiger partial charge on any atom is -1.00 e. The number of carbonyl (C=O) groups excluding carboxylic acids is 1. The van der Waals surface area contributed by atoms with Crippen molar-refractivity contribution in [3.05, 3.63) is 71.8 Å². The summed E-state index contributed by atoms with van der Waals surface area (Å²) in [6.07, 6.45) is 1.32. The smallest absolute Gasteiger partial charge is 0.219 e. The van der Waals surface area contributed by atoms with Crippen LogP contribution in [-0.2, 0) is 10.2 Å². The van der Waals surface area contributed by atoms with Gasteiger partial charge in [-0.1, -0.05) is 60.7 Å². The molecule has 0 saturated heterocycles. The summed E-state index contributed by atoms with van der Waals surface area (Å²) in [7, 11) is 4.04. The molecule has 0 bridgehead atoms. The lowest BCUT2D eigenvalue weighted by Gasteiger charge is -2.43. The van der Waals surface area contributed by atoms with Gasteiger partial charge in [0.05, 0.1) is 32.1 Å². The first-order valence-electron chi connectivity index (χ1n) is 9.65. The van der Waals surface area contributed by atoms with Crippen LogP contribution in [0.2, 0.25) is 0 Å². The number of likely N-dealkylation sites (N-methyl/N-ethyl adjacent to an activating group) is 1. The van der Waals surface area contributed by atoms with Gasteiger partial charge in [0.1, 0.15) is 0 Å². The third-order valence-corrected chi connectivity index (χ3v) is 5.89. The third kappa shape index (κ3) is 5.66. The Hall–Kier alpha value is -1.65. The molecule has 4 heteroatoms. The topological polar surface area (TPSA) is 29.1 Å². The molecule has 0 unspecified atom stereocenters. The van der Waals surface area contributed by atoms with Crippen molar-refractivity contribution in [2.24, 2.45) is 0 Å². The van der Waals surface area contributed by atoms with Gasteiger partial charge in [-0.25, -0.2) is 0 Å². The van der Waals surface area contributed by atoms with E-state index in [9.17, 15) is 4.79 Å². The fraction of sp³-hybridized carbons (Fsp3) is 0.435. The van der Waals surface area contributed by atoms with Crippen molar-refractivity contribution >= 4 is 5.91 Å². The SMILES string of the molecule is CC[N+](C)(CC)CC(CCC(=O)NC)(c1ccccc1)c1ccccc1.[Br-]. The molecule has 27 heavy (non-hydrogen) atoms. The van der Waals surface area contributed by atoms with Gasteiger partial charge in [0, 0.05) is 13.5 Å². The van der Waals surface area contributed by atoms with Crippen LogP contribution >= 0.6 is 0 Å². The first-order valence-corrected chi connectivity index (χ1v) is 9.65. The molecule has 0 heterocycles. The van der Waals surface area contributed by atoms with E-state index in [2.05, 4.69) is 86.9 Å². The molecule has 0 saturated carbocycles. The maximum Gasteiger partial charge on any atom is 0.219 e. The van der Waals surface area contributed by atoms with Gasteiger partial charge in [-0.15, -0.1) is 0 Å². The lowest BCUT2D eigenvalue weighted by Crippen LogP contribution is -3.00. The Bertz CT molecular complexity index is 645. The molecule has 1 N–H and O–H groups in total. The Labute approximate surface area is 175 Å². The van der Waals surface area contributed by atoms with Gasteiger partial charge in [-0.2, -0.15) is 0 Å². The average Bonchev–Trinajstić information content (AvgIpc) is 2.72. The summed E-state index contributed by atoms with van der Waals surface area (Å²) < 4.78 is 0.970. The Morgan fingerprint density at radius 2 is 1.37 bits per heavy atom. The Balaban J connectivity index is 0.00000364. The van der Waals surface area contributed by atoms with Crippen LogP contribution in [0.3, 0.4) is 0 Å². The lowest BCUT2D eigenvalue weighted by molar-refractivity contribution is -0.909. The lowest BCUT2D eigenvalue weighted by atomic mass is 9.70. The Morgan fingerprint density at radius 3 is 1.74 bits per heavy atom. The highest BCUT2D eigenvalue weighted by molar-refractivity contribution is 5.75. The number of hydrogen-bond donors (Lipinski definition) is 1. The number of halogens is 1. The van der Waals surface area contributed by atoms with Crippen LogP contribution in [0.15, 0.2) is 60.7 Å². The molecule has 3 nitrogen and oxygen atoms in total. The van der Waals surface area contributed by atoms with E-state index in [-0.39, 0.29) is 28.3 Å². The number of nitrogens with one attached hydrogen (secondary N) is 1. The predicted molar refractivity (Wildman–Crippen MR) is 109 cm³/mol. The van der Waals surface area contributed by atoms with Gasteiger partial charge in [-0.05, 0) is 31.4 Å². The van der Waals surface area contributed by atoms with E-state index in [1.54, 1.807) is 7.05 Å². The van der Waals surface area contributed by atoms with Crippen molar-refractivity contribution < 1.29 is 26.3 Å². The molecule has 2 rings (SSSR count). The number of rotatable bonds is 9. The van der Waals surface area contributed by atoms with Crippen molar-refractivity contribution in [2.75, 3.05) is 33.7 Å². The molecule has 0 aliphatic heterocycles. The minimum absolute atomic E-state index is 0. The van der Waals surface area contributed by atoms with E-state index in [4.69, 9.17) is 0 Å². The zero-order chi connectivity index (χ0) is 19.0. The summed E-state index contributed by atoms with van der Waals surface area (Å²) in [5, 5.41) is 2.79. The van der Waals surface area contributed by atoms with Gasteiger partial charge in [0.15, 0.2) is 0 Å². The molecule has 0 aliphatic rings. The second-order valence-electron chi connectivity index (χ2n) is 7.40. The maximum absolute atomic E-state index is 12.1. The molecule has 2 aromatic rings. The number of amides is 1. The number of benzene rings is 2. The van der Waals surface area contributed by atoms with Crippen molar-refractivity contribution in [3.8, 4) is 0 Å². The van der Waals surface area contributed by atoms with Crippen LogP contribution in [0.4, 0.5) is 0 Å². The highest BCUT2D eigenvalue weighted by Gasteiger charge is 2.41. The largest absolute Gasteiger partial charge is 1.00 e. The molecular formula is C23H33BrN2O. The van der Waals surface area contributed by atoms with Gasteiger partial charge >= 0.3 is 0 Å². The average molecular weight is 433 g/mol. The van der Waals surface area contributed by atoms with E-state index in [1.807, 2.05) is 0 Å². The van der Waals surface area contributed by atoms with Gasteiger partial charge in [-0.3, -0.25) is 4.79 Å².